The van der Waals surface area contributed by atoms with Crippen LogP contribution in [0.1, 0.15) is 32.8 Å². The highest BCUT2D eigenvalue weighted by atomic mass is 19.1. The Labute approximate surface area is 125 Å². The minimum atomic E-state index is -0.334. The molecule has 118 valence electrons. The number of rotatable bonds is 8. The summed E-state index contributed by atoms with van der Waals surface area (Å²) in [6.45, 7) is 6.60. The molecule has 0 saturated carbocycles. The third-order valence-corrected chi connectivity index (χ3v) is 2.97. The molecule has 0 saturated heterocycles. The van der Waals surface area contributed by atoms with Gasteiger partial charge in [-0.05, 0) is 49.4 Å². The number of ether oxygens (including phenoxy) is 1. The molecule has 21 heavy (non-hydrogen) atoms. The van der Waals surface area contributed by atoms with E-state index in [-0.39, 0.29) is 24.4 Å². The molecule has 1 amide bonds. The van der Waals surface area contributed by atoms with Crippen molar-refractivity contribution in [3.63, 3.8) is 0 Å². The Bertz CT molecular complexity index is 462. The number of hydrogen-bond donors (Lipinski definition) is 2. The first kappa shape index (κ1) is 17.4. The van der Waals surface area contributed by atoms with Gasteiger partial charge in [-0.1, -0.05) is 13.8 Å². The molecular weight excluding hydrogens is 271 g/mol. The molecule has 0 heterocycles. The van der Waals surface area contributed by atoms with E-state index in [0.29, 0.717) is 30.2 Å². The number of amides is 1. The summed E-state index contributed by atoms with van der Waals surface area (Å²) in [5.74, 6) is 0.541. The maximum Gasteiger partial charge on any atom is 0.257 e. The number of hydrogen-bond acceptors (Lipinski definition) is 3. The van der Waals surface area contributed by atoms with E-state index in [9.17, 15) is 9.18 Å². The lowest BCUT2D eigenvalue weighted by molar-refractivity contribution is -0.123. The van der Waals surface area contributed by atoms with Crippen molar-refractivity contribution in [3.8, 4) is 5.75 Å². The van der Waals surface area contributed by atoms with Crippen LogP contribution in [0.4, 0.5) is 4.39 Å². The van der Waals surface area contributed by atoms with Gasteiger partial charge in [0.15, 0.2) is 6.61 Å². The molecule has 1 aromatic rings. The minimum absolute atomic E-state index is 0.0737. The first-order valence-corrected chi connectivity index (χ1v) is 7.32. The lowest BCUT2D eigenvalue weighted by Gasteiger charge is -2.13. The molecule has 1 unspecified atom stereocenters. The van der Waals surface area contributed by atoms with Crippen LogP contribution in [-0.2, 0) is 11.2 Å². The second-order valence-corrected chi connectivity index (χ2v) is 5.75. The zero-order valence-corrected chi connectivity index (χ0v) is 13.0. The van der Waals surface area contributed by atoms with Crippen LogP contribution >= 0.6 is 0 Å². The molecule has 5 heteroatoms. The minimum Gasteiger partial charge on any atom is -0.483 e. The number of carbonyl (C=O) groups excluding carboxylic acids is 1. The van der Waals surface area contributed by atoms with Crippen molar-refractivity contribution >= 4 is 5.91 Å². The van der Waals surface area contributed by atoms with Crippen LogP contribution in [-0.4, -0.2) is 25.1 Å². The number of benzene rings is 1. The van der Waals surface area contributed by atoms with Crippen molar-refractivity contribution in [2.24, 2.45) is 11.7 Å². The van der Waals surface area contributed by atoms with Gasteiger partial charge in [-0.25, -0.2) is 4.39 Å². The predicted octanol–water partition coefficient (Wildman–Crippen LogP) is 2.26. The molecule has 3 N–H and O–H groups in total. The van der Waals surface area contributed by atoms with E-state index in [1.807, 2.05) is 6.92 Å². The van der Waals surface area contributed by atoms with Crippen molar-refractivity contribution in [2.45, 2.75) is 39.7 Å². The molecule has 0 aliphatic heterocycles. The molecule has 0 spiro atoms. The Morgan fingerprint density at radius 1 is 1.38 bits per heavy atom. The number of nitrogens with one attached hydrogen (secondary N) is 1. The lowest BCUT2D eigenvalue weighted by atomic mass is 10.1. The Balaban J connectivity index is 2.52. The van der Waals surface area contributed by atoms with Gasteiger partial charge in [0.2, 0.25) is 0 Å². The third-order valence-electron chi connectivity index (χ3n) is 2.97. The van der Waals surface area contributed by atoms with Crippen LogP contribution in [0.5, 0.6) is 5.75 Å². The van der Waals surface area contributed by atoms with Gasteiger partial charge in [-0.3, -0.25) is 4.79 Å². The summed E-state index contributed by atoms with van der Waals surface area (Å²) in [5, 5.41) is 2.79. The van der Waals surface area contributed by atoms with Crippen molar-refractivity contribution in [1.82, 2.24) is 5.32 Å². The lowest BCUT2D eigenvalue weighted by Crippen LogP contribution is -2.30. The van der Waals surface area contributed by atoms with Crippen LogP contribution in [0, 0.1) is 11.7 Å². The van der Waals surface area contributed by atoms with Crippen LogP contribution in [0.25, 0.3) is 0 Å². The molecule has 0 aliphatic rings. The van der Waals surface area contributed by atoms with E-state index in [1.165, 1.54) is 18.2 Å². The summed E-state index contributed by atoms with van der Waals surface area (Å²) in [5.41, 5.74) is 6.42. The summed E-state index contributed by atoms with van der Waals surface area (Å²) >= 11 is 0. The summed E-state index contributed by atoms with van der Waals surface area (Å²) in [7, 11) is 0. The Morgan fingerprint density at radius 2 is 2.10 bits per heavy atom. The van der Waals surface area contributed by atoms with Gasteiger partial charge < -0.3 is 15.8 Å². The van der Waals surface area contributed by atoms with E-state index in [0.717, 1.165) is 6.42 Å². The molecule has 4 nitrogen and oxygen atoms in total. The van der Waals surface area contributed by atoms with Gasteiger partial charge in [-0.15, -0.1) is 0 Å². The SMILES string of the molecule is CC(C)CCNC(=O)COc1ccc(F)cc1CC(C)N. The van der Waals surface area contributed by atoms with Gasteiger partial charge in [0, 0.05) is 12.6 Å². The van der Waals surface area contributed by atoms with Gasteiger partial charge in [-0.2, -0.15) is 0 Å². The zero-order chi connectivity index (χ0) is 15.8. The first-order valence-electron chi connectivity index (χ1n) is 7.32. The normalized spacial score (nSPS) is 12.3. The second kappa shape index (κ2) is 8.62. The average Bonchev–Trinajstić information content (AvgIpc) is 2.36. The quantitative estimate of drug-likeness (QED) is 0.773. The molecule has 1 atom stereocenters. The molecule has 0 radical (unpaired) electrons. The van der Waals surface area contributed by atoms with Crippen molar-refractivity contribution in [2.75, 3.05) is 13.2 Å². The van der Waals surface area contributed by atoms with E-state index >= 15 is 0 Å². The van der Waals surface area contributed by atoms with Crippen molar-refractivity contribution in [3.05, 3.63) is 29.6 Å². The van der Waals surface area contributed by atoms with Crippen LogP contribution in [0.15, 0.2) is 18.2 Å². The van der Waals surface area contributed by atoms with Gasteiger partial charge >= 0.3 is 0 Å². The van der Waals surface area contributed by atoms with Crippen LogP contribution < -0.4 is 15.8 Å². The zero-order valence-electron chi connectivity index (χ0n) is 13.0. The standard InChI is InChI=1S/C16H25FN2O2/c1-11(2)6-7-19-16(20)10-21-15-5-4-14(17)9-13(15)8-12(3)18/h4-5,9,11-12H,6-8,10,18H2,1-3H3,(H,19,20). The molecule has 0 fully saturated rings. The third kappa shape index (κ3) is 7.09. The maximum atomic E-state index is 13.3. The highest BCUT2D eigenvalue weighted by Crippen LogP contribution is 2.21. The highest BCUT2D eigenvalue weighted by molar-refractivity contribution is 5.77. The molecule has 1 rings (SSSR count). The Hall–Kier alpha value is -1.62. The monoisotopic (exact) mass is 296 g/mol. The first-order chi connectivity index (χ1) is 9.88. The predicted molar refractivity (Wildman–Crippen MR) is 81.7 cm³/mol. The smallest absolute Gasteiger partial charge is 0.257 e. The van der Waals surface area contributed by atoms with Gasteiger partial charge in [0.25, 0.3) is 5.91 Å². The highest BCUT2D eigenvalue weighted by Gasteiger charge is 2.10. The number of nitrogens with two attached hydrogens (primary N) is 1. The Morgan fingerprint density at radius 3 is 2.71 bits per heavy atom. The molecule has 0 aliphatic carbocycles. The van der Waals surface area contributed by atoms with Crippen LogP contribution in [0.3, 0.4) is 0 Å². The summed E-state index contributed by atoms with van der Waals surface area (Å²) in [4.78, 5) is 11.7. The fourth-order valence-electron chi connectivity index (χ4n) is 1.89. The molecule has 1 aromatic carbocycles. The van der Waals surface area contributed by atoms with Crippen LogP contribution in [0.2, 0.25) is 0 Å². The Kier molecular flexibility index (Phi) is 7.15. The number of halogens is 1. The topological polar surface area (TPSA) is 64.3 Å². The fourth-order valence-corrected chi connectivity index (χ4v) is 1.89. The van der Waals surface area contributed by atoms with Crippen molar-refractivity contribution in [1.29, 1.82) is 0 Å². The summed E-state index contributed by atoms with van der Waals surface area (Å²) in [6, 6.07) is 4.15. The fraction of sp³-hybridized carbons (Fsp3) is 0.562. The summed E-state index contributed by atoms with van der Waals surface area (Å²) in [6.07, 6.45) is 1.43. The van der Waals surface area contributed by atoms with Gasteiger partial charge in [0.05, 0.1) is 0 Å². The number of carbonyl (C=O) groups is 1. The summed E-state index contributed by atoms with van der Waals surface area (Å²) < 4.78 is 18.7. The van der Waals surface area contributed by atoms with E-state index in [2.05, 4.69) is 19.2 Å². The van der Waals surface area contributed by atoms with E-state index < -0.39 is 0 Å². The van der Waals surface area contributed by atoms with Crippen molar-refractivity contribution < 1.29 is 13.9 Å². The second-order valence-electron chi connectivity index (χ2n) is 5.75. The van der Waals surface area contributed by atoms with E-state index in [1.54, 1.807) is 0 Å². The van der Waals surface area contributed by atoms with E-state index in [4.69, 9.17) is 10.5 Å². The van der Waals surface area contributed by atoms with Gasteiger partial charge in [0.1, 0.15) is 11.6 Å². The molecule has 0 bridgehead atoms. The molecule has 0 aromatic heterocycles. The maximum absolute atomic E-state index is 13.3. The average molecular weight is 296 g/mol. The largest absolute Gasteiger partial charge is 0.483 e. The molecular formula is C16H25FN2O2.